The Labute approximate surface area is 124 Å². The van der Waals surface area contributed by atoms with Crippen LogP contribution in [0.1, 0.15) is 35.2 Å². The summed E-state index contributed by atoms with van der Waals surface area (Å²) in [7, 11) is 0. The Kier molecular flexibility index (Phi) is 6.07. The highest BCUT2D eigenvalue weighted by atomic mass is 32.1. The number of unbranched alkanes of at least 4 members (excludes halogenated alkanes) is 1. The molecule has 0 aromatic heterocycles. The van der Waals surface area contributed by atoms with Crippen molar-refractivity contribution in [1.29, 1.82) is 0 Å². The van der Waals surface area contributed by atoms with E-state index in [-0.39, 0.29) is 6.54 Å². The van der Waals surface area contributed by atoms with Gasteiger partial charge in [-0.2, -0.15) is 13.2 Å². The fourth-order valence-corrected chi connectivity index (χ4v) is 1.74. The van der Waals surface area contributed by atoms with Crippen LogP contribution in [0.5, 0.6) is 0 Å². The lowest BCUT2D eigenvalue weighted by Gasteiger charge is -2.10. The van der Waals surface area contributed by atoms with E-state index >= 15 is 0 Å². The van der Waals surface area contributed by atoms with Crippen molar-refractivity contribution in [1.82, 2.24) is 5.32 Å². The number of nitrogens with two attached hydrogens (primary N) is 1. The Hall–Kier alpha value is -1.70. The molecule has 1 rings (SSSR count). The molecule has 3 nitrogen and oxygen atoms in total. The lowest BCUT2D eigenvalue weighted by molar-refractivity contribution is -0.137. The van der Waals surface area contributed by atoms with Crippen LogP contribution in [-0.4, -0.2) is 17.4 Å². The van der Waals surface area contributed by atoms with E-state index in [0.29, 0.717) is 42.5 Å². The molecule has 21 heavy (non-hydrogen) atoms. The summed E-state index contributed by atoms with van der Waals surface area (Å²) in [5, 5.41) is 2.36. The number of carbonyl (C=O) groups is 1. The molecule has 116 valence electrons. The highest BCUT2D eigenvalue weighted by molar-refractivity contribution is 7.80. The van der Waals surface area contributed by atoms with Gasteiger partial charge >= 0.3 is 6.18 Å². The SMILES string of the molecule is NC(=S)CCCCNC(=O)c1cc(C(F)(F)F)ccc1F. The first-order valence-electron chi connectivity index (χ1n) is 6.15. The zero-order valence-corrected chi connectivity index (χ0v) is 11.8. The number of thiocarbonyl (C=S) groups is 1. The predicted octanol–water partition coefficient (Wildman–Crippen LogP) is 3.03. The van der Waals surface area contributed by atoms with Crippen molar-refractivity contribution in [2.24, 2.45) is 5.73 Å². The summed E-state index contributed by atoms with van der Waals surface area (Å²) in [4.78, 5) is 12.0. The average molecular weight is 322 g/mol. The number of hydrogen-bond acceptors (Lipinski definition) is 2. The van der Waals surface area contributed by atoms with Crippen LogP contribution in [0.4, 0.5) is 17.6 Å². The number of halogens is 4. The van der Waals surface area contributed by atoms with E-state index in [1.807, 2.05) is 0 Å². The van der Waals surface area contributed by atoms with Crippen LogP contribution >= 0.6 is 12.2 Å². The average Bonchev–Trinajstić information content (AvgIpc) is 2.36. The molecule has 8 heteroatoms. The van der Waals surface area contributed by atoms with E-state index in [4.69, 9.17) is 5.73 Å². The predicted molar refractivity (Wildman–Crippen MR) is 74.4 cm³/mol. The maximum Gasteiger partial charge on any atom is 0.416 e. The summed E-state index contributed by atoms with van der Waals surface area (Å²) < 4.78 is 51.0. The molecule has 0 bridgehead atoms. The number of nitrogens with one attached hydrogen (secondary N) is 1. The van der Waals surface area contributed by atoms with Gasteiger partial charge < -0.3 is 11.1 Å². The van der Waals surface area contributed by atoms with Gasteiger partial charge in [-0.15, -0.1) is 0 Å². The second-order valence-corrected chi connectivity index (χ2v) is 4.90. The number of hydrogen-bond donors (Lipinski definition) is 2. The molecule has 0 radical (unpaired) electrons. The minimum Gasteiger partial charge on any atom is -0.393 e. The van der Waals surface area contributed by atoms with Crippen molar-refractivity contribution < 1.29 is 22.4 Å². The van der Waals surface area contributed by atoms with Crippen molar-refractivity contribution >= 4 is 23.1 Å². The molecular formula is C13H14F4N2OS. The van der Waals surface area contributed by atoms with Crippen molar-refractivity contribution in [3.8, 4) is 0 Å². The van der Waals surface area contributed by atoms with Crippen molar-refractivity contribution in [2.45, 2.75) is 25.4 Å². The van der Waals surface area contributed by atoms with Gasteiger partial charge in [-0.25, -0.2) is 4.39 Å². The molecule has 1 aromatic rings. The van der Waals surface area contributed by atoms with E-state index in [9.17, 15) is 22.4 Å². The Morgan fingerprint density at radius 2 is 1.95 bits per heavy atom. The van der Waals surface area contributed by atoms with Gasteiger partial charge in [0.15, 0.2) is 0 Å². The molecule has 0 unspecified atom stereocenters. The molecule has 0 aliphatic carbocycles. The minimum absolute atomic E-state index is 0.205. The van der Waals surface area contributed by atoms with Crippen molar-refractivity contribution in [3.05, 3.63) is 35.1 Å². The first-order chi connectivity index (χ1) is 9.71. The van der Waals surface area contributed by atoms with E-state index in [0.717, 1.165) is 0 Å². The highest BCUT2D eigenvalue weighted by Crippen LogP contribution is 2.30. The lowest BCUT2D eigenvalue weighted by Crippen LogP contribution is -2.26. The van der Waals surface area contributed by atoms with Crippen LogP contribution < -0.4 is 11.1 Å². The van der Waals surface area contributed by atoms with Gasteiger partial charge in [0.05, 0.1) is 16.1 Å². The van der Waals surface area contributed by atoms with Crippen molar-refractivity contribution in [3.63, 3.8) is 0 Å². The third-order valence-corrected chi connectivity index (χ3v) is 2.88. The molecule has 0 aliphatic heterocycles. The summed E-state index contributed by atoms with van der Waals surface area (Å²) in [6, 6.07) is 1.72. The van der Waals surface area contributed by atoms with Crippen LogP contribution in [0, 0.1) is 5.82 Å². The minimum atomic E-state index is -4.63. The Bertz CT molecular complexity index is 531. The van der Waals surface area contributed by atoms with Gasteiger partial charge in [-0.1, -0.05) is 12.2 Å². The molecule has 3 N–H and O–H groups in total. The molecule has 1 aromatic carbocycles. The van der Waals surface area contributed by atoms with E-state index in [1.54, 1.807) is 0 Å². The number of rotatable bonds is 6. The van der Waals surface area contributed by atoms with Crippen LogP contribution in [0.25, 0.3) is 0 Å². The molecule has 0 aliphatic rings. The van der Waals surface area contributed by atoms with Gasteiger partial charge in [-0.3, -0.25) is 4.79 Å². The largest absolute Gasteiger partial charge is 0.416 e. The molecule has 0 fully saturated rings. The topological polar surface area (TPSA) is 55.1 Å². The third kappa shape index (κ3) is 5.66. The normalized spacial score (nSPS) is 11.2. The van der Waals surface area contributed by atoms with Crippen LogP contribution in [0.3, 0.4) is 0 Å². The summed E-state index contributed by atoms with van der Waals surface area (Å²) in [5.41, 5.74) is 3.60. The summed E-state index contributed by atoms with van der Waals surface area (Å²) in [6.07, 6.45) is -2.92. The Morgan fingerprint density at radius 3 is 2.52 bits per heavy atom. The second-order valence-electron chi connectivity index (χ2n) is 4.37. The molecular weight excluding hydrogens is 308 g/mol. The van der Waals surface area contributed by atoms with Gasteiger partial charge in [0.25, 0.3) is 5.91 Å². The number of amides is 1. The van der Waals surface area contributed by atoms with E-state index in [2.05, 4.69) is 17.5 Å². The Balaban J connectivity index is 2.63. The maximum atomic E-state index is 13.4. The van der Waals surface area contributed by atoms with Crippen LogP contribution in [0.2, 0.25) is 0 Å². The Morgan fingerprint density at radius 1 is 1.29 bits per heavy atom. The van der Waals surface area contributed by atoms with Gasteiger partial charge in [0.1, 0.15) is 5.82 Å². The number of carbonyl (C=O) groups excluding carboxylic acids is 1. The van der Waals surface area contributed by atoms with Gasteiger partial charge in [0, 0.05) is 6.54 Å². The number of benzene rings is 1. The van der Waals surface area contributed by atoms with Gasteiger partial charge in [-0.05, 0) is 37.5 Å². The lowest BCUT2D eigenvalue weighted by atomic mass is 10.1. The van der Waals surface area contributed by atoms with Crippen LogP contribution in [0.15, 0.2) is 18.2 Å². The fourth-order valence-electron chi connectivity index (χ4n) is 1.60. The monoisotopic (exact) mass is 322 g/mol. The number of alkyl halides is 3. The van der Waals surface area contributed by atoms with E-state index in [1.165, 1.54) is 0 Å². The zero-order valence-electron chi connectivity index (χ0n) is 11.0. The maximum absolute atomic E-state index is 13.4. The quantitative estimate of drug-likeness (QED) is 0.481. The highest BCUT2D eigenvalue weighted by Gasteiger charge is 2.31. The van der Waals surface area contributed by atoms with Gasteiger partial charge in [0.2, 0.25) is 0 Å². The molecule has 0 atom stereocenters. The molecule has 0 heterocycles. The first kappa shape index (κ1) is 17.4. The van der Waals surface area contributed by atoms with Crippen molar-refractivity contribution in [2.75, 3.05) is 6.54 Å². The molecule has 0 spiro atoms. The summed E-state index contributed by atoms with van der Waals surface area (Å²) in [6.45, 7) is 0.205. The second kappa shape index (κ2) is 7.35. The fraction of sp³-hybridized carbons (Fsp3) is 0.385. The molecule has 0 saturated heterocycles. The summed E-state index contributed by atoms with van der Waals surface area (Å²) >= 11 is 4.67. The summed E-state index contributed by atoms with van der Waals surface area (Å²) in [5.74, 6) is -1.88. The van der Waals surface area contributed by atoms with E-state index < -0.39 is 29.0 Å². The van der Waals surface area contributed by atoms with Crippen LogP contribution in [-0.2, 0) is 6.18 Å². The standard InChI is InChI=1S/C13H14F4N2OS/c14-10-5-4-8(13(15,16)17)7-9(10)12(20)19-6-2-1-3-11(18)21/h4-5,7H,1-3,6H2,(H2,18,21)(H,19,20). The smallest absolute Gasteiger partial charge is 0.393 e. The molecule has 1 amide bonds. The zero-order chi connectivity index (χ0) is 16.0. The third-order valence-electron chi connectivity index (χ3n) is 2.67. The molecule has 0 saturated carbocycles. The first-order valence-corrected chi connectivity index (χ1v) is 6.56.